The summed E-state index contributed by atoms with van der Waals surface area (Å²) in [6.45, 7) is 5.30. The lowest BCUT2D eigenvalue weighted by Crippen LogP contribution is -2.37. The molecule has 0 aromatic heterocycles. The second-order valence-electron chi connectivity index (χ2n) is 6.09. The maximum atomic E-state index is 12.1. The smallest absolute Gasteiger partial charge is 0.410 e. The van der Waals surface area contributed by atoms with E-state index in [0.717, 1.165) is 5.56 Å². The zero-order valence-corrected chi connectivity index (χ0v) is 12.1. The molecule has 1 fully saturated rings. The van der Waals surface area contributed by atoms with E-state index < -0.39 is 0 Å². The van der Waals surface area contributed by atoms with Gasteiger partial charge in [0, 0.05) is 25.9 Å². The lowest BCUT2D eigenvalue weighted by atomic mass is 9.87. The van der Waals surface area contributed by atoms with Crippen molar-refractivity contribution in [1.29, 1.82) is 0 Å². The molecule has 0 bridgehead atoms. The van der Waals surface area contributed by atoms with Gasteiger partial charge in [-0.1, -0.05) is 44.2 Å². The molecular weight excluding hydrogens is 254 g/mol. The Morgan fingerprint density at radius 3 is 2.70 bits per heavy atom. The van der Waals surface area contributed by atoms with Gasteiger partial charge in [-0.2, -0.15) is 0 Å². The molecule has 1 heterocycles. The molecule has 2 rings (SSSR count). The predicted molar refractivity (Wildman–Crippen MR) is 76.2 cm³/mol. The number of carbonyl (C=O) groups excluding carboxylic acids is 2. The Hall–Kier alpha value is -1.84. The van der Waals surface area contributed by atoms with Crippen LogP contribution in [0.25, 0.3) is 0 Å². The first-order valence-corrected chi connectivity index (χ1v) is 6.94. The Bertz CT molecular complexity index is 482. The van der Waals surface area contributed by atoms with Gasteiger partial charge < -0.3 is 9.64 Å². The number of likely N-dealkylation sites (tertiary alicyclic amines) is 1. The van der Waals surface area contributed by atoms with E-state index in [2.05, 4.69) is 0 Å². The fourth-order valence-corrected chi connectivity index (χ4v) is 2.50. The fraction of sp³-hybridized carbons (Fsp3) is 0.500. The van der Waals surface area contributed by atoms with Gasteiger partial charge in [0.05, 0.1) is 0 Å². The highest BCUT2D eigenvalue weighted by molar-refractivity contribution is 5.80. The van der Waals surface area contributed by atoms with Crippen LogP contribution in [0.1, 0.15) is 32.3 Å². The second kappa shape index (κ2) is 6.07. The van der Waals surface area contributed by atoms with Crippen molar-refractivity contribution in [2.24, 2.45) is 5.41 Å². The summed E-state index contributed by atoms with van der Waals surface area (Å²) in [5, 5.41) is 0. The van der Waals surface area contributed by atoms with Crippen molar-refractivity contribution in [3.8, 4) is 0 Å². The number of hydrogen-bond donors (Lipinski definition) is 0. The van der Waals surface area contributed by atoms with Crippen molar-refractivity contribution in [3.05, 3.63) is 35.9 Å². The quantitative estimate of drug-likeness (QED) is 0.833. The third-order valence-corrected chi connectivity index (χ3v) is 3.42. The normalized spacial score (nSPS) is 18.5. The molecule has 0 unspecified atom stereocenters. The summed E-state index contributed by atoms with van der Waals surface area (Å²) in [6.07, 6.45) is 0.607. The minimum absolute atomic E-state index is 0.181. The van der Waals surface area contributed by atoms with Gasteiger partial charge in [-0.05, 0) is 11.0 Å². The summed E-state index contributed by atoms with van der Waals surface area (Å²) >= 11 is 0. The first-order valence-electron chi connectivity index (χ1n) is 6.94. The summed E-state index contributed by atoms with van der Waals surface area (Å²) in [4.78, 5) is 25.4. The molecule has 0 atom stereocenters. The molecular formula is C16H21NO3. The number of carbonyl (C=O) groups is 2. The summed E-state index contributed by atoms with van der Waals surface area (Å²) in [5.74, 6) is 0.216. The Kier molecular flexibility index (Phi) is 4.42. The van der Waals surface area contributed by atoms with E-state index in [-0.39, 0.29) is 23.9 Å². The van der Waals surface area contributed by atoms with Crippen LogP contribution < -0.4 is 0 Å². The van der Waals surface area contributed by atoms with E-state index in [1.807, 2.05) is 44.2 Å². The lowest BCUT2D eigenvalue weighted by molar-refractivity contribution is -0.120. The minimum Gasteiger partial charge on any atom is -0.445 e. The fourth-order valence-electron chi connectivity index (χ4n) is 2.50. The van der Waals surface area contributed by atoms with Crippen LogP contribution in [0.2, 0.25) is 0 Å². The maximum Gasteiger partial charge on any atom is 0.410 e. The number of ketones is 1. The molecule has 108 valence electrons. The van der Waals surface area contributed by atoms with E-state index in [1.165, 1.54) is 0 Å². The molecule has 1 aromatic carbocycles. The number of amides is 1. The average molecular weight is 275 g/mol. The molecule has 1 amide bonds. The largest absolute Gasteiger partial charge is 0.445 e. The Labute approximate surface area is 119 Å². The highest BCUT2D eigenvalue weighted by Crippen LogP contribution is 2.26. The van der Waals surface area contributed by atoms with Gasteiger partial charge in [0.15, 0.2) is 0 Å². The van der Waals surface area contributed by atoms with Gasteiger partial charge in [-0.15, -0.1) is 0 Å². The number of nitrogens with zero attached hydrogens (tertiary/aromatic N) is 1. The van der Waals surface area contributed by atoms with Gasteiger partial charge in [-0.3, -0.25) is 4.79 Å². The molecule has 0 radical (unpaired) electrons. The predicted octanol–water partition coefficient (Wildman–Crippen LogP) is 3.01. The van der Waals surface area contributed by atoms with Gasteiger partial charge in [0.25, 0.3) is 0 Å². The Morgan fingerprint density at radius 1 is 1.30 bits per heavy atom. The zero-order valence-electron chi connectivity index (χ0n) is 12.1. The average Bonchev–Trinajstić information content (AvgIpc) is 2.54. The summed E-state index contributed by atoms with van der Waals surface area (Å²) in [7, 11) is 0. The van der Waals surface area contributed by atoms with Crippen molar-refractivity contribution >= 4 is 11.9 Å². The van der Waals surface area contributed by atoms with Crippen LogP contribution in [0.3, 0.4) is 0 Å². The van der Waals surface area contributed by atoms with Crippen LogP contribution >= 0.6 is 0 Å². The highest BCUT2D eigenvalue weighted by Gasteiger charge is 2.31. The molecule has 4 nitrogen and oxygen atoms in total. The van der Waals surface area contributed by atoms with Crippen LogP contribution in [0.4, 0.5) is 4.79 Å². The van der Waals surface area contributed by atoms with Crippen molar-refractivity contribution in [2.45, 2.75) is 33.3 Å². The van der Waals surface area contributed by atoms with Crippen molar-refractivity contribution < 1.29 is 14.3 Å². The number of benzene rings is 1. The zero-order chi connectivity index (χ0) is 14.6. The third-order valence-electron chi connectivity index (χ3n) is 3.42. The number of ether oxygens (including phenoxy) is 1. The van der Waals surface area contributed by atoms with Crippen LogP contribution in [0.15, 0.2) is 30.3 Å². The van der Waals surface area contributed by atoms with E-state index in [1.54, 1.807) is 4.90 Å². The first-order chi connectivity index (χ1) is 9.46. The van der Waals surface area contributed by atoms with Crippen LogP contribution in [0.5, 0.6) is 0 Å². The molecule has 0 aliphatic carbocycles. The molecule has 1 aliphatic heterocycles. The summed E-state index contributed by atoms with van der Waals surface area (Å²) < 4.78 is 5.33. The van der Waals surface area contributed by atoms with Crippen LogP contribution in [-0.2, 0) is 16.1 Å². The van der Waals surface area contributed by atoms with E-state index >= 15 is 0 Å². The van der Waals surface area contributed by atoms with Gasteiger partial charge in [0.1, 0.15) is 12.4 Å². The molecule has 0 N–H and O–H groups in total. The Balaban J connectivity index is 1.93. The molecule has 0 saturated carbocycles. The monoisotopic (exact) mass is 275 g/mol. The topological polar surface area (TPSA) is 46.6 Å². The number of rotatable bonds is 2. The number of Topliss-reactive ketones (excluding diaryl/α,β-unsaturated/α-hetero) is 1. The molecule has 20 heavy (non-hydrogen) atoms. The molecule has 1 aromatic rings. The van der Waals surface area contributed by atoms with E-state index in [4.69, 9.17) is 4.74 Å². The molecule has 1 saturated heterocycles. The van der Waals surface area contributed by atoms with Crippen molar-refractivity contribution in [3.63, 3.8) is 0 Å². The minimum atomic E-state index is -0.336. The standard InChI is InChI=1S/C16H21NO3/c1-16(2)10-14(18)8-9-17(12-16)15(19)20-11-13-6-4-3-5-7-13/h3-7H,8-12H2,1-2H3. The third kappa shape index (κ3) is 4.08. The van der Waals surface area contributed by atoms with Gasteiger partial charge in [0.2, 0.25) is 0 Å². The number of hydrogen-bond acceptors (Lipinski definition) is 3. The van der Waals surface area contributed by atoms with Crippen molar-refractivity contribution in [1.82, 2.24) is 4.90 Å². The van der Waals surface area contributed by atoms with Crippen LogP contribution in [0, 0.1) is 5.41 Å². The molecule has 0 spiro atoms. The highest BCUT2D eigenvalue weighted by atomic mass is 16.6. The van der Waals surface area contributed by atoms with Gasteiger partial charge in [-0.25, -0.2) is 4.79 Å². The second-order valence-corrected chi connectivity index (χ2v) is 6.09. The van der Waals surface area contributed by atoms with Crippen LogP contribution in [-0.4, -0.2) is 29.9 Å². The SMILES string of the molecule is CC1(C)CC(=O)CCN(C(=O)OCc2ccccc2)C1. The first kappa shape index (κ1) is 14.6. The summed E-state index contributed by atoms with van der Waals surface area (Å²) in [5.41, 5.74) is 0.783. The summed E-state index contributed by atoms with van der Waals surface area (Å²) in [6, 6.07) is 9.59. The van der Waals surface area contributed by atoms with Gasteiger partial charge >= 0.3 is 6.09 Å². The maximum absolute atomic E-state index is 12.1. The van der Waals surface area contributed by atoms with E-state index in [0.29, 0.717) is 25.9 Å². The van der Waals surface area contributed by atoms with E-state index in [9.17, 15) is 9.59 Å². The van der Waals surface area contributed by atoms with Crippen molar-refractivity contribution in [2.75, 3.05) is 13.1 Å². The molecule has 1 aliphatic rings. The Morgan fingerprint density at radius 2 is 2.00 bits per heavy atom. The molecule has 4 heteroatoms. The lowest BCUT2D eigenvalue weighted by Gasteiger charge is -2.28.